The summed E-state index contributed by atoms with van der Waals surface area (Å²) in [6.45, 7) is 7.88. The summed E-state index contributed by atoms with van der Waals surface area (Å²) in [5, 5.41) is 2.97. The van der Waals surface area contributed by atoms with Crippen molar-refractivity contribution in [2.75, 3.05) is 17.4 Å². The van der Waals surface area contributed by atoms with E-state index in [2.05, 4.69) is 5.32 Å². The molecule has 0 saturated heterocycles. The van der Waals surface area contributed by atoms with Crippen LogP contribution >= 0.6 is 0 Å². The standard InChI is InChI=1S/C36H41N3O4S/c1-5-22-37-36(41)34(24-30-11-7-6-8-12-30)38(25-31-13-9-10-29(4)23-31)35(40)26-39(32-18-14-27(2)15-19-32)44(42,43)33-20-16-28(3)17-21-33/h6-21,23,34H,5,22,24-26H2,1-4H3,(H,37,41)/t34-/m1/s1. The molecule has 8 heteroatoms. The Kier molecular flexibility index (Phi) is 11.0. The van der Waals surface area contributed by atoms with Crippen LogP contribution in [0.2, 0.25) is 0 Å². The second-order valence-electron chi connectivity index (χ2n) is 11.2. The Morgan fingerprint density at radius 3 is 1.98 bits per heavy atom. The predicted octanol–water partition coefficient (Wildman–Crippen LogP) is 5.97. The van der Waals surface area contributed by atoms with Gasteiger partial charge in [0.1, 0.15) is 12.6 Å². The molecule has 0 aliphatic heterocycles. The van der Waals surface area contributed by atoms with Crippen LogP contribution in [0.1, 0.15) is 41.2 Å². The third kappa shape index (κ3) is 8.35. The number of hydrogen-bond acceptors (Lipinski definition) is 4. The molecule has 0 aliphatic rings. The van der Waals surface area contributed by atoms with E-state index in [-0.39, 0.29) is 23.8 Å². The summed E-state index contributed by atoms with van der Waals surface area (Å²) in [4.78, 5) is 29.8. The predicted molar refractivity (Wildman–Crippen MR) is 176 cm³/mol. The van der Waals surface area contributed by atoms with Crippen molar-refractivity contribution in [3.63, 3.8) is 0 Å². The zero-order chi connectivity index (χ0) is 31.7. The van der Waals surface area contributed by atoms with Crippen LogP contribution in [-0.2, 0) is 32.6 Å². The molecule has 44 heavy (non-hydrogen) atoms. The second kappa shape index (κ2) is 14.8. The van der Waals surface area contributed by atoms with Crippen molar-refractivity contribution in [3.8, 4) is 0 Å². The average Bonchev–Trinajstić information content (AvgIpc) is 3.01. The van der Waals surface area contributed by atoms with Gasteiger partial charge in [-0.05, 0) is 62.6 Å². The van der Waals surface area contributed by atoms with Gasteiger partial charge in [0.05, 0.1) is 10.6 Å². The number of hydrogen-bond donors (Lipinski definition) is 1. The van der Waals surface area contributed by atoms with Crippen molar-refractivity contribution in [1.29, 1.82) is 0 Å². The summed E-state index contributed by atoms with van der Waals surface area (Å²) in [5.74, 6) is -0.754. The first-order chi connectivity index (χ1) is 21.1. The largest absolute Gasteiger partial charge is 0.354 e. The lowest BCUT2D eigenvalue weighted by Gasteiger charge is -2.34. The molecule has 0 heterocycles. The number of carbonyl (C=O) groups is 2. The Hall–Kier alpha value is -4.43. The van der Waals surface area contributed by atoms with E-state index in [4.69, 9.17) is 0 Å². The van der Waals surface area contributed by atoms with Gasteiger partial charge in [0.25, 0.3) is 10.0 Å². The molecule has 1 atom stereocenters. The smallest absolute Gasteiger partial charge is 0.264 e. The third-order valence-corrected chi connectivity index (χ3v) is 9.25. The highest BCUT2D eigenvalue weighted by molar-refractivity contribution is 7.92. The SMILES string of the molecule is CCCNC(=O)[C@@H](Cc1ccccc1)N(Cc1cccc(C)c1)C(=O)CN(c1ccc(C)cc1)S(=O)(=O)c1ccc(C)cc1. The molecule has 0 unspecified atom stereocenters. The molecule has 230 valence electrons. The Balaban J connectivity index is 1.79. The van der Waals surface area contributed by atoms with Crippen LogP contribution in [0.5, 0.6) is 0 Å². The Morgan fingerprint density at radius 1 is 0.750 bits per heavy atom. The van der Waals surface area contributed by atoms with Crippen LogP contribution in [0.4, 0.5) is 5.69 Å². The number of carbonyl (C=O) groups excluding carboxylic acids is 2. The van der Waals surface area contributed by atoms with E-state index < -0.39 is 28.5 Å². The highest BCUT2D eigenvalue weighted by Gasteiger charge is 2.34. The molecule has 0 saturated carbocycles. The molecule has 0 bridgehead atoms. The van der Waals surface area contributed by atoms with Gasteiger partial charge in [-0.2, -0.15) is 0 Å². The fourth-order valence-corrected chi connectivity index (χ4v) is 6.42. The minimum atomic E-state index is -4.13. The molecule has 1 N–H and O–H groups in total. The van der Waals surface area contributed by atoms with Gasteiger partial charge >= 0.3 is 0 Å². The minimum absolute atomic E-state index is 0.0863. The Bertz CT molecular complexity index is 1650. The maximum absolute atomic E-state index is 14.5. The van der Waals surface area contributed by atoms with E-state index >= 15 is 0 Å². The van der Waals surface area contributed by atoms with Crippen molar-refractivity contribution >= 4 is 27.5 Å². The maximum Gasteiger partial charge on any atom is 0.264 e. The molecule has 0 aromatic heterocycles. The van der Waals surface area contributed by atoms with Crippen LogP contribution in [0, 0.1) is 20.8 Å². The number of nitrogens with one attached hydrogen (secondary N) is 1. The summed E-state index contributed by atoms with van der Waals surface area (Å²) in [7, 11) is -4.13. The minimum Gasteiger partial charge on any atom is -0.354 e. The number of nitrogens with zero attached hydrogens (tertiary/aromatic N) is 2. The number of anilines is 1. The molecule has 0 radical (unpaired) electrons. The summed E-state index contributed by atoms with van der Waals surface area (Å²) in [6, 6.07) is 30.1. The first kappa shape index (κ1) is 32.5. The summed E-state index contributed by atoms with van der Waals surface area (Å²) in [5.41, 5.74) is 5.03. The van der Waals surface area contributed by atoms with Crippen molar-refractivity contribution in [1.82, 2.24) is 10.2 Å². The summed E-state index contributed by atoms with van der Waals surface area (Å²) in [6.07, 6.45) is 1.02. The van der Waals surface area contributed by atoms with Gasteiger partial charge in [0.15, 0.2) is 0 Å². The van der Waals surface area contributed by atoms with Crippen LogP contribution in [0.15, 0.2) is 108 Å². The maximum atomic E-state index is 14.5. The molecule has 0 aliphatic carbocycles. The molecular weight excluding hydrogens is 570 g/mol. The van der Waals surface area contributed by atoms with Gasteiger partial charge in [-0.15, -0.1) is 0 Å². The lowest BCUT2D eigenvalue weighted by Crippen LogP contribution is -2.53. The molecular formula is C36H41N3O4S. The van der Waals surface area contributed by atoms with Gasteiger partial charge in [0.2, 0.25) is 11.8 Å². The van der Waals surface area contributed by atoms with Crippen molar-refractivity contribution in [2.45, 2.75) is 58.0 Å². The zero-order valence-electron chi connectivity index (χ0n) is 25.9. The van der Waals surface area contributed by atoms with Gasteiger partial charge in [-0.25, -0.2) is 8.42 Å². The lowest BCUT2D eigenvalue weighted by atomic mass is 10.0. The highest BCUT2D eigenvalue weighted by atomic mass is 32.2. The zero-order valence-corrected chi connectivity index (χ0v) is 26.7. The fourth-order valence-electron chi connectivity index (χ4n) is 5.00. The number of rotatable bonds is 13. The quantitative estimate of drug-likeness (QED) is 0.202. The monoisotopic (exact) mass is 611 g/mol. The topological polar surface area (TPSA) is 86.8 Å². The van der Waals surface area contributed by atoms with Crippen molar-refractivity contribution in [3.05, 3.63) is 131 Å². The highest BCUT2D eigenvalue weighted by Crippen LogP contribution is 2.26. The van der Waals surface area contributed by atoms with Gasteiger partial charge in [-0.3, -0.25) is 13.9 Å². The first-order valence-corrected chi connectivity index (χ1v) is 16.3. The van der Waals surface area contributed by atoms with E-state index in [9.17, 15) is 18.0 Å². The van der Waals surface area contributed by atoms with Crippen molar-refractivity contribution in [2.24, 2.45) is 0 Å². The summed E-state index contributed by atoms with van der Waals surface area (Å²) >= 11 is 0. The first-order valence-electron chi connectivity index (χ1n) is 14.9. The normalized spacial score (nSPS) is 11.9. The molecule has 0 fully saturated rings. The molecule has 0 spiro atoms. The van der Waals surface area contributed by atoms with E-state index in [0.717, 1.165) is 38.5 Å². The number of sulfonamides is 1. The molecule has 7 nitrogen and oxygen atoms in total. The van der Waals surface area contributed by atoms with Gasteiger partial charge in [0, 0.05) is 19.5 Å². The molecule has 2 amide bonds. The van der Waals surface area contributed by atoms with Crippen LogP contribution < -0.4 is 9.62 Å². The Labute approximate surface area is 261 Å². The number of aryl methyl sites for hydroxylation is 3. The molecule has 4 rings (SSSR count). The molecule has 4 aromatic carbocycles. The average molecular weight is 612 g/mol. The van der Waals surface area contributed by atoms with E-state index in [1.54, 1.807) is 36.4 Å². The van der Waals surface area contributed by atoms with Gasteiger partial charge < -0.3 is 10.2 Å². The number of amides is 2. The van der Waals surface area contributed by atoms with E-state index in [1.165, 1.54) is 4.90 Å². The summed E-state index contributed by atoms with van der Waals surface area (Å²) < 4.78 is 29.3. The third-order valence-electron chi connectivity index (χ3n) is 7.47. The Morgan fingerprint density at radius 2 is 1.36 bits per heavy atom. The van der Waals surface area contributed by atoms with Crippen LogP contribution in [0.3, 0.4) is 0 Å². The lowest BCUT2D eigenvalue weighted by molar-refractivity contribution is -0.140. The number of benzene rings is 4. The van der Waals surface area contributed by atoms with Crippen LogP contribution in [0.25, 0.3) is 0 Å². The van der Waals surface area contributed by atoms with E-state index in [1.807, 2.05) is 94.4 Å². The van der Waals surface area contributed by atoms with Crippen LogP contribution in [-0.4, -0.2) is 44.3 Å². The second-order valence-corrected chi connectivity index (χ2v) is 13.0. The van der Waals surface area contributed by atoms with Crippen molar-refractivity contribution < 1.29 is 18.0 Å². The fraction of sp³-hybridized carbons (Fsp3) is 0.278. The van der Waals surface area contributed by atoms with E-state index in [0.29, 0.717) is 12.2 Å². The van der Waals surface area contributed by atoms with Gasteiger partial charge in [-0.1, -0.05) is 102 Å². The molecule has 4 aromatic rings.